The zero-order chi connectivity index (χ0) is 9.56. The second-order valence-electron chi connectivity index (χ2n) is 2.29. The summed E-state index contributed by atoms with van der Waals surface area (Å²) in [7, 11) is 2.81. The summed E-state index contributed by atoms with van der Waals surface area (Å²) in [4.78, 5) is 21.0. The normalized spacial score (nSPS) is 11.2. The van der Waals surface area contributed by atoms with Crippen LogP contribution in [0.5, 0.6) is 0 Å². The number of ether oxygens (including phenoxy) is 1. The lowest BCUT2D eigenvalue weighted by molar-refractivity contribution is -0.142. The van der Waals surface area contributed by atoms with Gasteiger partial charge in [-0.25, -0.2) is 0 Å². The van der Waals surface area contributed by atoms with Crippen LogP contribution in [0, 0.1) is 0 Å². The number of carbonyl (C=O) groups is 2. The Morgan fingerprint density at radius 3 is 2.38 bits per heavy atom. The van der Waals surface area contributed by atoms with Crippen molar-refractivity contribution in [1.82, 2.24) is 5.32 Å². The lowest BCUT2D eigenvalue weighted by atomic mass is 10.1. The van der Waals surface area contributed by atoms with E-state index in [1.54, 1.807) is 0 Å². The molecule has 13 heavy (non-hydrogen) atoms. The van der Waals surface area contributed by atoms with E-state index in [9.17, 15) is 9.59 Å². The third-order valence-corrected chi connectivity index (χ3v) is 1.51. The van der Waals surface area contributed by atoms with Crippen molar-refractivity contribution in [2.45, 2.75) is 18.9 Å². The van der Waals surface area contributed by atoms with E-state index in [1.165, 1.54) is 14.2 Å². The van der Waals surface area contributed by atoms with Crippen LogP contribution in [0.3, 0.4) is 0 Å². The van der Waals surface area contributed by atoms with Gasteiger partial charge in [-0.1, -0.05) is 0 Å². The van der Waals surface area contributed by atoms with Crippen molar-refractivity contribution in [3.63, 3.8) is 0 Å². The van der Waals surface area contributed by atoms with Gasteiger partial charge in [0, 0.05) is 6.42 Å². The van der Waals surface area contributed by atoms with Crippen LogP contribution in [-0.4, -0.2) is 37.2 Å². The molecule has 0 aromatic rings. The van der Waals surface area contributed by atoms with Gasteiger partial charge in [0.05, 0.1) is 7.11 Å². The monoisotopic (exact) mass is 211 g/mol. The first-order chi connectivity index (χ1) is 5.61. The van der Waals surface area contributed by atoms with Crippen LogP contribution in [0.15, 0.2) is 0 Å². The van der Waals surface area contributed by atoms with Gasteiger partial charge in [0.1, 0.15) is 6.04 Å². The molecular weight excluding hydrogens is 198 g/mol. The number of hydrogen-bond acceptors (Lipinski definition) is 4. The van der Waals surface area contributed by atoms with Gasteiger partial charge >= 0.3 is 11.9 Å². The molecule has 0 rings (SSSR count). The van der Waals surface area contributed by atoms with Gasteiger partial charge < -0.3 is 15.2 Å². The highest BCUT2D eigenvalue weighted by Crippen LogP contribution is 1.98. The van der Waals surface area contributed by atoms with E-state index >= 15 is 0 Å². The summed E-state index contributed by atoms with van der Waals surface area (Å²) in [5.41, 5.74) is 0. The Hall–Kier alpha value is -0.810. The minimum absolute atomic E-state index is 0. The summed E-state index contributed by atoms with van der Waals surface area (Å²) in [6.45, 7) is 0. The molecule has 0 unspecified atom stereocenters. The molecule has 78 valence electrons. The number of carboxylic acids is 1. The highest BCUT2D eigenvalue weighted by molar-refractivity contribution is 5.85. The number of likely N-dealkylation sites (N-methyl/N-ethyl adjacent to an activating group) is 1. The number of nitrogens with one attached hydrogen (secondary N) is 1. The Balaban J connectivity index is 0. The molecule has 0 saturated carbocycles. The SMILES string of the molecule is CN[C@@H](CCC(=O)OC)C(=O)O.Cl. The minimum Gasteiger partial charge on any atom is -0.480 e. The van der Waals surface area contributed by atoms with Gasteiger partial charge in [-0.3, -0.25) is 9.59 Å². The van der Waals surface area contributed by atoms with E-state index in [0.717, 1.165) is 0 Å². The molecule has 0 bridgehead atoms. The highest BCUT2D eigenvalue weighted by atomic mass is 35.5. The van der Waals surface area contributed by atoms with Gasteiger partial charge in [0.25, 0.3) is 0 Å². The summed E-state index contributed by atoms with van der Waals surface area (Å²) in [5, 5.41) is 11.1. The van der Waals surface area contributed by atoms with Gasteiger partial charge in [0.2, 0.25) is 0 Å². The second kappa shape index (κ2) is 7.82. The van der Waals surface area contributed by atoms with E-state index < -0.39 is 18.0 Å². The topological polar surface area (TPSA) is 75.6 Å². The summed E-state index contributed by atoms with van der Waals surface area (Å²) in [6, 6.07) is -0.677. The number of hydrogen-bond donors (Lipinski definition) is 2. The molecule has 0 saturated heterocycles. The van der Waals surface area contributed by atoms with E-state index in [-0.39, 0.29) is 25.2 Å². The minimum atomic E-state index is -0.957. The summed E-state index contributed by atoms with van der Waals surface area (Å²) in [6.07, 6.45) is 0.368. The average molecular weight is 212 g/mol. The van der Waals surface area contributed by atoms with Crippen LogP contribution in [0.25, 0.3) is 0 Å². The Kier molecular flexibility index (Phi) is 8.84. The van der Waals surface area contributed by atoms with Crippen molar-refractivity contribution in [1.29, 1.82) is 0 Å². The molecule has 0 aromatic carbocycles. The molecular formula is C7H14ClNO4. The van der Waals surface area contributed by atoms with E-state index in [1.807, 2.05) is 0 Å². The number of halogens is 1. The second-order valence-corrected chi connectivity index (χ2v) is 2.29. The van der Waals surface area contributed by atoms with Crippen LogP contribution >= 0.6 is 12.4 Å². The molecule has 1 atom stereocenters. The van der Waals surface area contributed by atoms with Crippen molar-refractivity contribution in [2.75, 3.05) is 14.2 Å². The molecule has 0 radical (unpaired) electrons. The zero-order valence-corrected chi connectivity index (χ0v) is 8.39. The number of esters is 1. The van der Waals surface area contributed by atoms with Crippen molar-refractivity contribution in [3.05, 3.63) is 0 Å². The molecule has 0 fully saturated rings. The molecule has 0 amide bonds. The Morgan fingerprint density at radius 1 is 1.54 bits per heavy atom. The number of carbonyl (C=O) groups excluding carboxylic acids is 1. The fourth-order valence-electron chi connectivity index (χ4n) is 0.756. The van der Waals surface area contributed by atoms with Crippen molar-refractivity contribution >= 4 is 24.3 Å². The first kappa shape index (κ1) is 14.7. The standard InChI is InChI=1S/C7H13NO4.ClH/c1-8-5(7(10)11)3-4-6(9)12-2;/h5,8H,3-4H2,1-2H3,(H,10,11);1H/t5-;/m0./s1. The number of carboxylic acid groups (broad SMARTS) is 1. The lowest BCUT2D eigenvalue weighted by Gasteiger charge is -2.08. The third-order valence-electron chi connectivity index (χ3n) is 1.51. The number of aliphatic carboxylic acids is 1. The molecule has 0 aliphatic heterocycles. The molecule has 0 spiro atoms. The predicted octanol–water partition coefficient (Wildman–Crippen LogP) is 0.0340. The first-order valence-corrected chi connectivity index (χ1v) is 3.58. The summed E-state index contributed by atoms with van der Waals surface area (Å²) >= 11 is 0. The molecule has 0 heterocycles. The van der Waals surface area contributed by atoms with Crippen molar-refractivity contribution in [3.8, 4) is 0 Å². The molecule has 2 N–H and O–H groups in total. The number of rotatable bonds is 5. The fraction of sp³-hybridized carbons (Fsp3) is 0.714. The van der Waals surface area contributed by atoms with E-state index in [4.69, 9.17) is 5.11 Å². The quantitative estimate of drug-likeness (QED) is 0.628. The maximum Gasteiger partial charge on any atom is 0.320 e. The molecule has 5 nitrogen and oxygen atoms in total. The van der Waals surface area contributed by atoms with Gasteiger partial charge in [-0.2, -0.15) is 0 Å². The van der Waals surface area contributed by atoms with Gasteiger partial charge in [0.15, 0.2) is 0 Å². The fourth-order valence-corrected chi connectivity index (χ4v) is 0.756. The number of methoxy groups -OCH3 is 1. The van der Waals surface area contributed by atoms with Crippen molar-refractivity contribution in [2.24, 2.45) is 0 Å². The smallest absolute Gasteiger partial charge is 0.320 e. The average Bonchev–Trinajstić information content (AvgIpc) is 2.04. The molecule has 0 aliphatic carbocycles. The zero-order valence-electron chi connectivity index (χ0n) is 7.57. The lowest BCUT2D eigenvalue weighted by Crippen LogP contribution is -2.34. The van der Waals surface area contributed by atoms with Crippen LogP contribution in [0.4, 0.5) is 0 Å². The molecule has 0 aliphatic rings. The molecule has 0 aromatic heterocycles. The van der Waals surface area contributed by atoms with Crippen LogP contribution in [0.1, 0.15) is 12.8 Å². The summed E-state index contributed by atoms with van der Waals surface area (Å²) < 4.78 is 4.37. The highest BCUT2D eigenvalue weighted by Gasteiger charge is 2.15. The Morgan fingerprint density at radius 2 is 2.08 bits per heavy atom. The van der Waals surface area contributed by atoms with Crippen LogP contribution in [0.2, 0.25) is 0 Å². The predicted molar refractivity (Wildman–Crippen MR) is 49.0 cm³/mol. The van der Waals surface area contributed by atoms with Crippen LogP contribution < -0.4 is 5.32 Å². The Bertz CT molecular complexity index is 174. The maximum absolute atomic E-state index is 10.6. The third kappa shape index (κ3) is 6.36. The molecule has 6 heteroatoms. The maximum atomic E-state index is 10.6. The summed E-state index contributed by atoms with van der Waals surface area (Å²) in [5.74, 6) is -1.35. The van der Waals surface area contributed by atoms with Gasteiger partial charge in [-0.05, 0) is 13.5 Å². The van der Waals surface area contributed by atoms with Crippen molar-refractivity contribution < 1.29 is 19.4 Å². The van der Waals surface area contributed by atoms with E-state index in [2.05, 4.69) is 10.1 Å². The van der Waals surface area contributed by atoms with Crippen LogP contribution in [-0.2, 0) is 14.3 Å². The largest absolute Gasteiger partial charge is 0.480 e. The first-order valence-electron chi connectivity index (χ1n) is 3.58. The van der Waals surface area contributed by atoms with E-state index in [0.29, 0.717) is 0 Å². The van der Waals surface area contributed by atoms with Gasteiger partial charge in [-0.15, -0.1) is 12.4 Å². The Labute approximate surface area is 82.9 Å².